The van der Waals surface area contributed by atoms with Crippen LogP contribution in [-0.4, -0.2) is 41.9 Å². The second-order valence-corrected chi connectivity index (χ2v) is 6.84. The first-order chi connectivity index (χ1) is 14.1. The molecule has 0 radical (unpaired) electrons. The van der Waals surface area contributed by atoms with E-state index in [4.69, 9.17) is 4.74 Å². The van der Waals surface area contributed by atoms with E-state index in [1.165, 1.54) is 0 Å². The lowest BCUT2D eigenvalue weighted by atomic mass is 10.1. The van der Waals surface area contributed by atoms with Gasteiger partial charge in [0.25, 0.3) is 5.91 Å². The molecule has 0 aliphatic carbocycles. The fraction of sp³-hybridized carbons (Fsp3) is 0.318. The Kier molecular flexibility index (Phi) is 6.84. The molecule has 1 atom stereocenters. The molecule has 1 unspecified atom stereocenters. The lowest BCUT2D eigenvalue weighted by Crippen LogP contribution is -2.38. The molecule has 1 fully saturated rings. The van der Waals surface area contributed by atoms with Crippen LogP contribution in [0.2, 0.25) is 0 Å². The molecule has 1 aliphatic heterocycles. The zero-order chi connectivity index (χ0) is 20.6. The van der Waals surface area contributed by atoms with Gasteiger partial charge in [-0.2, -0.15) is 0 Å². The number of nitrogens with zero attached hydrogens (tertiary/aromatic N) is 1. The molecule has 7 heteroatoms. The van der Waals surface area contributed by atoms with Crippen LogP contribution in [0.1, 0.15) is 25.3 Å². The molecule has 3 rings (SSSR count). The van der Waals surface area contributed by atoms with Gasteiger partial charge in [-0.15, -0.1) is 0 Å². The summed E-state index contributed by atoms with van der Waals surface area (Å²) in [6.07, 6.45) is 2.00. The minimum Gasteiger partial charge on any atom is -0.491 e. The van der Waals surface area contributed by atoms with Crippen molar-refractivity contribution >= 4 is 23.5 Å². The maximum absolute atomic E-state index is 12.6. The van der Waals surface area contributed by atoms with E-state index in [9.17, 15) is 14.4 Å². The third kappa shape index (κ3) is 5.34. The van der Waals surface area contributed by atoms with Crippen LogP contribution in [0.25, 0.3) is 0 Å². The van der Waals surface area contributed by atoms with E-state index in [1.807, 2.05) is 43.3 Å². The number of hydrogen-bond donors (Lipinski definition) is 2. The minimum atomic E-state index is -0.615. The average molecular weight is 395 g/mol. The normalized spacial score (nSPS) is 15.9. The molecule has 4 amide bonds. The Morgan fingerprint density at radius 3 is 2.59 bits per heavy atom. The zero-order valence-electron chi connectivity index (χ0n) is 16.4. The Balaban J connectivity index is 1.56. The molecule has 0 spiro atoms. The number of carbonyl (C=O) groups is 3. The summed E-state index contributed by atoms with van der Waals surface area (Å²) in [6, 6.07) is 15.7. The Morgan fingerprint density at radius 2 is 1.83 bits per heavy atom. The average Bonchev–Trinajstić information content (AvgIpc) is 3.00. The van der Waals surface area contributed by atoms with Gasteiger partial charge >= 0.3 is 6.03 Å². The van der Waals surface area contributed by atoms with Gasteiger partial charge in [-0.25, -0.2) is 4.79 Å². The van der Waals surface area contributed by atoms with E-state index in [0.29, 0.717) is 30.9 Å². The van der Waals surface area contributed by atoms with Gasteiger partial charge < -0.3 is 15.4 Å². The highest BCUT2D eigenvalue weighted by Crippen LogP contribution is 2.24. The molecule has 0 saturated carbocycles. The maximum Gasteiger partial charge on any atom is 0.325 e. The summed E-state index contributed by atoms with van der Waals surface area (Å²) in [7, 11) is 0. The van der Waals surface area contributed by atoms with Gasteiger partial charge in [0.05, 0.1) is 12.3 Å². The molecule has 0 aromatic heterocycles. The second-order valence-electron chi connectivity index (χ2n) is 6.84. The van der Waals surface area contributed by atoms with E-state index in [1.54, 1.807) is 18.2 Å². The molecular weight excluding hydrogens is 370 g/mol. The van der Waals surface area contributed by atoms with Crippen LogP contribution < -0.4 is 15.4 Å². The van der Waals surface area contributed by atoms with Gasteiger partial charge in [-0.3, -0.25) is 14.5 Å². The Hall–Kier alpha value is -3.35. The Bertz CT molecular complexity index is 869. The van der Waals surface area contributed by atoms with Gasteiger partial charge in [0.1, 0.15) is 18.3 Å². The first-order valence-corrected chi connectivity index (χ1v) is 9.76. The highest BCUT2D eigenvalue weighted by molar-refractivity contribution is 6.08. The summed E-state index contributed by atoms with van der Waals surface area (Å²) in [4.78, 5) is 38.2. The standard InChI is InChI=1S/C22H25N3O4/c1-2-14-29-19-11-7-6-10-17(19)23-20(26)15-25-21(27)18(24-22(25)28)13-12-16-8-4-3-5-9-16/h3-11,18H,2,12-15H2,1H3,(H,23,26)(H,24,28). The molecule has 1 heterocycles. The van der Waals surface area contributed by atoms with E-state index >= 15 is 0 Å². The van der Waals surface area contributed by atoms with Gasteiger partial charge in [-0.05, 0) is 37.0 Å². The Morgan fingerprint density at radius 1 is 1.10 bits per heavy atom. The summed E-state index contributed by atoms with van der Waals surface area (Å²) < 4.78 is 5.62. The van der Waals surface area contributed by atoms with Gasteiger partial charge in [-0.1, -0.05) is 49.4 Å². The van der Waals surface area contributed by atoms with E-state index in [2.05, 4.69) is 10.6 Å². The van der Waals surface area contributed by atoms with Crippen LogP contribution in [0, 0.1) is 0 Å². The molecule has 29 heavy (non-hydrogen) atoms. The fourth-order valence-electron chi connectivity index (χ4n) is 3.12. The third-order valence-corrected chi connectivity index (χ3v) is 4.60. The molecule has 7 nitrogen and oxygen atoms in total. The number of ether oxygens (including phenoxy) is 1. The molecule has 1 aliphatic rings. The Labute approximate surface area is 170 Å². The van der Waals surface area contributed by atoms with Crippen LogP contribution in [0.3, 0.4) is 0 Å². The van der Waals surface area contributed by atoms with E-state index < -0.39 is 18.0 Å². The van der Waals surface area contributed by atoms with Crippen molar-refractivity contribution in [1.29, 1.82) is 0 Å². The van der Waals surface area contributed by atoms with Crippen molar-refractivity contribution in [3.63, 3.8) is 0 Å². The van der Waals surface area contributed by atoms with Crippen molar-refractivity contribution in [2.75, 3.05) is 18.5 Å². The number of urea groups is 1. The number of hydrogen-bond acceptors (Lipinski definition) is 4. The van der Waals surface area contributed by atoms with Crippen LogP contribution in [0.15, 0.2) is 54.6 Å². The van der Waals surface area contributed by atoms with Crippen molar-refractivity contribution in [2.45, 2.75) is 32.2 Å². The number of benzene rings is 2. The quantitative estimate of drug-likeness (QED) is 0.639. The SMILES string of the molecule is CCCOc1ccccc1NC(=O)CN1C(=O)NC(CCc2ccccc2)C1=O. The predicted octanol–water partition coefficient (Wildman–Crippen LogP) is 2.97. The van der Waals surface area contributed by atoms with Crippen molar-refractivity contribution in [3.05, 3.63) is 60.2 Å². The lowest BCUT2D eigenvalue weighted by Gasteiger charge is -2.15. The van der Waals surface area contributed by atoms with E-state index in [-0.39, 0.29) is 12.5 Å². The first-order valence-electron chi connectivity index (χ1n) is 9.76. The number of anilines is 1. The summed E-state index contributed by atoms with van der Waals surface area (Å²) in [5, 5.41) is 5.39. The van der Waals surface area contributed by atoms with Crippen molar-refractivity contribution in [3.8, 4) is 5.75 Å². The molecular formula is C22H25N3O4. The second kappa shape index (κ2) is 9.73. The van der Waals surface area contributed by atoms with Crippen LogP contribution >= 0.6 is 0 Å². The predicted molar refractivity (Wildman–Crippen MR) is 110 cm³/mol. The number of rotatable bonds is 9. The van der Waals surface area contributed by atoms with Gasteiger partial charge in [0.2, 0.25) is 5.91 Å². The maximum atomic E-state index is 12.6. The van der Waals surface area contributed by atoms with Crippen LogP contribution in [0.5, 0.6) is 5.75 Å². The van der Waals surface area contributed by atoms with E-state index in [0.717, 1.165) is 16.9 Å². The number of imide groups is 1. The number of nitrogens with one attached hydrogen (secondary N) is 2. The molecule has 0 bridgehead atoms. The number of para-hydroxylation sites is 2. The topological polar surface area (TPSA) is 87.7 Å². The van der Waals surface area contributed by atoms with Crippen LogP contribution in [-0.2, 0) is 16.0 Å². The monoisotopic (exact) mass is 395 g/mol. The van der Waals surface area contributed by atoms with Crippen molar-refractivity contribution < 1.29 is 19.1 Å². The molecule has 2 N–H and O–H groups in total. The largest absolute Gasteiger partial charge is 0.491 e. The smallest absolute Gasteiger partial charge is 0.325 e. The summed E-state index contributed by atoms with van der Waals surface area (Å²) in [5.74, 6) is -0.276. The lowest BCUT2D eigenvalue weighted by molar-refractivity contribution is -0.130. The summed E-state index contributed by atoms with van der Waals surface area (Å²) in [6.45, 7) is 2.19. The fourth-order valence-corrected chi connectivity index (χ4v) is 3.12. The van der Waals surface area contributed by atoms with Crippen molar-refractivity contribution in [2.24, 2.45) is 0 Å². The summed E-state index contributed by atoms with van der Waals surface area (Å²) >= 11 is 0. The minimum absolute atomic E-state index is 0.339. The number of amides is 4. The highest BCUT2D eigenvalue weighted by Gasteiger charge is 2.38. The number of carbonyl (C=O) groups excluding carboxylic acids is 3. The third-order valence-electron chi connectivity index (χ3n) is 4.60. The molecule has 2 aromatic carbocycles. The van der Waals surface area contributed by atoms with Gasteiger partial charge in [0.15, 0.2) is 0 Å². The molecule has 2 aromatic rings. The molecule has 1 saturated heterocycles. The first kappa shape index (κ1) is 20.4. The zero-order valence-corrected chi connectivity index (χ0v) is 16.4. The summed E-state index contributed by atoms with van der Waals surface area (Å²) in [5.41, 5.74) is 1.60. The van der Waals surface area contributed by atoms with Crippen molar-refractivity contribution in [1.82, 2.24) is 10.2 Å². The molecule has 152 valence electrons. The van der Waals surface area contributed by atoms with Gasteiger partial charge in [0, 0.05) is 0 Å². The highest BCUT2D eigenvalue weighted by atomic mass is 16.5. The van der Waals surface area contributed by atoms with Crippen LogP contribution in [0.4, 0.5) is 10.5 Å². The number of aryl methyl sites for hydroxylation is 1.